The number of benzene rings is 1. The van der Waals surface area contributed by atoms with E-state index >= 15 is 0 Å². The molecule has 4 nitrogen and oxygen atoms in total. The molecule has 0 saturated carbocycles. The number of hydrogen-bond donors (Lipinski definition) is 1. The van der Waals surface area contributed by atoms with E-state index in [-0.39, 0.29) is 6.61 Å². The van der Waals surface area contributed by atoms with Crippen LogP contribution >= 0.6 is 0 Å². The van der Waals surface area contributed by atoms with E-state index < -0.39 is 12.1 Å². The second-order valence-electron chi connectivity index (χ2n) is 4.71. The number of aliphatic hydroxyl groups is 1. The Kier molecular flexibility index (Phi) is 4.93. The lowest BCUT2D eigenvalue weighted by Crippen LogP contribution is -2.17. The van der Waals surface area contributed by atoms with Crippen LogP contribution < -0.4 is 0 Å². The van der Waals surface area contributed by atoms with Gasteiger partial charge in [-0.25, -0.2) is 4.79 Å². The summed E-state index contributed by atoms with van der Waals surface area (Å²) in [7, 11) is 0. The second kappa shape index (κ2) is 6.68. The molecule has 1 unspecified atom stereocenters. The molecule has 1 fully saturated rings. The Bertz CT molecular complexity index is 424. The monoisotopic (exact) mass is 264 g/mol. The molecule has 0 aromatic heterocycles. The maximum Gasteiger partial charge on any atom is 0.339 e. The topological polar surface area (TPSA) is 55.8 Å². The average Bonchev–Trinajstić information content (AvgIpc) is 2.48. The molecule has 1 aromatic carbocycles. The summed E-state index contributed by atoms with van der Waals surface area (Å²) < 4.78 is 10.2. The van der Waals surface area contributed by atoms with E-state index in [1.165, 1.54) is 0 Å². The van der Waals surface area contributed by atoms with Gasteiger partial charge in [0.15, 0.2) is 6.10 Å². The number of hydrogen-bond acceptors (Lipinski definition) is 4. The maximum atomic E-state index is 11.5. The van der Waals surface area contributed by atoms with Crippen molar-refractivity contribution in [3.05, 3.63) is 35.4 Å². The van der Waals surface area contributed by atoms with Gasteiger partial charge in [0.1, 0.15) is 0 Å². The Morgan fingerprint density at radius 3 is 2.89 bits per heavy atom. The molecule has 1 aliphatic rings. The van der Waals surface area contributed by atoms with Crippen molar-refractivity contribution in [2.75, 3.05) is 19.8 Å². The molecule has 19 heavy (non-hydrogen) atoms. The normalized spacial score (nSPS) is 18.0. The quantitative estimate of drug-likeness (QED) is 0.847. The van der Waals surface area contributed by atoms with Crippen molar-refractivity contribution in [1.82, 2.24) is 0 Å². The fraction of sp³-hybridized carbons (Fsp3) is 0.533. The van der Waals surface area contributed by atoms with Crippen LogP contribution in [0.5, 0.6) is 0 Å². The van der Waals surface area contributed by atoms with Gasteiger partial charge in [-0.05, 0) is 36.8 Å². The van der Waals surface area contributed by atoms with Gasteiger partial charge in [-0.1, -0.05) is 24.3 Å². The molecule has 1 saturated heterocycles. The van der Waals surface area contributed by atoms with E-state index in [1.807, 2.05) is 18.2 Å². The fourth-order valence-corrected chi connectivity index (χ4v) is 2.37. The van der Waals surface area contributed by atoms with Gasteiger partial charge in [0.25, 0.3) is 0 Å². The van der Waals surface area contributed by atoms with Gasteiger partial charge >= 0.3 is 5.97 Å². The molecule has 2 rings (SSSR count). The Hall–Kier alpha value is -1.39. The molecule has 0 bridgehead atoms. The van der Waals surface area contributed by atoms with Gasteiger partial charge in [-0.2, -0.15) is 0 Å². The SMILES string of the molecule is CCOC(=O)C(O)c1cccc(C2CCOCC2)c1. The summed E-state index contributed by atoms with van der Waals surface area (Å²) in [6.45, 7) is 3.54. The highest BCUT2D eigenvalue weighted by Crippen LogP contribution is 2.28. The summed E-state index contributed by atoms with van der Waals surface area (Å²) in [5, 5.41) is 9.94. The van der Waals surface area contributed by atoms with E-state index in [1.54, 1.807) is 13.0 Å². The number of aliphatic hydroxyl groups excluding tert-OH is 1. The Labute approximate surface area is 113 Å². The summed E-state index contributed by atoms with van der Waals surface area (Å²) in [5.41, 5.74) is 1.76. The third-order valence-electron chi connectivity index (χ3n) is 3.43. The summed E-state index contributed by atoms with van der Waals surface area (Å²) in [5.74, 6) is -0.144. The highest BCUT2D eigenvalue weighted by Gasteiger charge is 2.21. The van der Waals surface area contributed by atoms with Crippen LogP contribution in [0.25, 0.3) is 0 Å². The lowest BCUT2D eigenvalue weighted by molar-refractivity contribution is -0.153. The van der Waals surface area contributed by atoms with Crippen LogP contribution in [0.2, 0.25) is 0 Å². The van der Waals surface area contributed by atoms with Crippen molar-refractivity contribution in [3.63, 3.8) is 0 Å². The number of ether oxygens (including phenoxy) is 2. The summed E-state index contributed by atoms with van der Waals surface area (Å²) in [6, 6.07) is 7.57. The highest BCUT2D eigenvalue weighted by atomic mass is 16.5. The molecule has 4 heteroatoms. The highest BCUT2D eigenvalue weighted by molar-refractivity contribution is 5.76. The van der Waals surface area contributed by atoms with Crippen molar-refractivity contribution < 1.29 is 19.4 Å². The first-order chi connectivity index (χ1) is 9.22. The lowest BCUT2D eigenvalue weighted by Gasteiger charge is -2.23. The van der Waals surface area contributed by atoms with Gasteiger partial charge in [0.2, 0.25) is 0 Å². The molecular weight excluding hydrogens is 244 g/mol. The summed E-state index contributed by atoms with van der Waals surface area (Å²) in [4.78, 5) is 11.5. The molecule has 1 aliphatic heterocycles. The smallest absolute Gasteiger partial charge is 0.339 e. The van der Waals surface area contributed by atoms with Crippen LogP contribution in [0, 0.1) is 0 Å². The van der Waals surface area contributed by atoms with Gasteiger partial charge in [0.05, 0.1) is 6.61 Å². The third kappa shape index (κ3) is 3.55. The molecule has 1 heterocycles. The standard InChI is InChI=1S/C15H20O4/c1-2-19-15(17)14(16)13-5-3-4-12(10-13)11-6-8-18-9-7-11/h3-5,10-11,14,16H,2,6-9H2,1H3. The zero-order chi connectivity index (χ0) is 13.7. The third-order valence-corrected chi connectivity index (χ3v) is 3.43. The second-order valence-corrected chi connectivity index (χ2v) is 4.71. The van der Waals surface area contributed by atoms with Crippen LogP contribution in [0.3, 0.4) is 0 Å². The first kappa shape index (κ1) is 14.0. The summed E-state index contributed by atoms with van der Waals surface area (Å²) in [6.07, 6.45) is 0.775. The minimum Gasteiger partial charge on any atom is -0.464 e. The Morgan fingerprint density at radius 2 is 2.21 bits per heavy atom. The lowest BCUT2D eigenvalue weighted by atomic mass is 9.90. The largest absolute Gasteiger partial charge is 0.464 e. The van der Waals surface area contributed by atoms with Crippen LogP contribution in [0.4, 0.5) is 0 Å². The predicted octanol–water partition coefficient (Wildman–Crippen LogP) is 2.18. The van der Waals surface area contributed by atoms with E-state index in [2.05, 4.69) is 0 Å². The minimum atomic E-state index is -1.19. The van der Waals surface area contributed by atoms with E-state index in [0.29, 0.717) is 11.5 Å². The molecule has 1 N–H and O–H groups in total. The van der Waals surface area contributed by atoms with E-state index in [4.69, 9.17) is 9.47 Å². The Morgan fingerprint density at radius 1 is 1.47 bits per heavy atom. The average molecular weight is 264 g/mol. The van der Waals surface area contributed by atoms with E-state index in [0.717, 1.165) is 31.6 Å². The number of carbonyl (C=O) groups excluding carboxylic acids is 1. The van der Waals surface area contributed by atoms with Crippen molar-refractivity contribution in [2.24, 2.45) is 0 Å². The van der Waals surface area contributed by atoms with Crippen LogP contribution in [0.1, 0.15) is 42.9 Å². The van der Waals surface area contributed by atoms with Crippen molar-refractivity contribution in [2.45, 2.75) is 31.8 Å². The van der Waals surface area contributed by atoms with E-state index in [9.17, 15) is 9.90 Å². The van der Waals surface area contributed by atoms with Crippen LogP contribution in [-0.2, 0) is 14.3 Å². The molecule has 0 aliphatic carbocycles. The van der Waals surface area contributed by atoms with Gasteiger partial charge in [-0.3, -0.25) is 0 Å². The van der Waals surface area contributed by atoms with Gasteiger partial charge in [-0.15, -0.1) is 0 Å². The maximum absolute atomic E-state index is 11.5. The molecule has 0 amide bonds. The molecule has 0 radical (unpaired) electrons. The molecular formula is C15H20O4. The minimum absolute atomic E-state index is 0.273. The predicted molar refractivity (Wildman–Crippen MR) is 70.8 cm³/mol. The summed E-state index contributed by atoms with van der Waals surface area (Å²) >= 11 is 0. The molecule has 104 valence electrons. The van der Waals surface area contributed by atoms with Crippen molar-refractivity contribution in [1.29, 1.82) is 0 Å². The number of carbonyl (C=O) groups is 1. The first-order valence-electron chi connectivity index (χ1n) is 6.74. The number of esters is 1. The first-order valence-corrected chi connectivity index (χ1v) is 6.74. The van der Waals surface area contributed by atoms with Crippen molar-refractivity contribution in [3.8, 4) is 0 Å². The Balaban J connectivity index is 2.11. The van der Waals surface area contributed by atoms with Crippen LogP contribution in [0.15, 0.2) is 24.3 Å². The molecule has 1 aromatic rings. The van der Waals surface area contributed by atoms with Crippen molar-refractivity contribution >= 4 is 5.97 Å². The van der Waals surface area contributed by atoms with Gasteiger partial charge in [0, 0.05) is 13.2 Å². The molecule has 1 atom stereocenters. The zero-order valence-electron chi connectivity index (χ0n) is 11.2. The number of rotatable bonds is 4. The zero-order valence-corrected chi connectivity index (χ0v) is 11.2. The van der Waals surface area contributed by atoms with Gasteiger partial charge < -0.3 is 14.6 Å². The van der Waals surface area contributed by atoms with Crippen LogP contribution in [-0.4, -0.2) is 30.9 Å². The fourth-order valence-electron chi connectivity index (χ4n) is 2.37. The molecule has 0 spiro atoms.